The SMILES string of the molecule is COc1nc2ccccc2nc1CCC(=O)N1C[C@@H]2OCCC(=O)N(C)[C@H]2C1.O=CO. The number of hydrogen-bond donors (Lipinski definition) is 1. The number of amides is 2. The molecule has 1 aromatic carbocycles. The third-order valence-electron chi connectivity index (χ3n) is 5.50. The number of likely N-dealkylation sites (N-methyl/N-ethyl adjacent to an activating group) is 1. The average Bonchev–Trinajstić information content (AvgIpc) is 3.15. The summed E-state index contributed by atoms with van der Waals surface area (Å²) in [5, 5.41) is 6.89. The quantitative estimate of drug-likeness (QED) is 0.705. The van der Waals surface area contributed by atoms with Crippen molar-refractivity contribution in [3.63, 3.8) is 0 Å². The largest absolute Gasteiger partial charge is 0.483 e. The second-order valence-electron chi connectivity index (χ2n) is 7.30. The highest BCUT2D eigenvalue weighted by Crippen LogP contribution is 2.24. The van der Waals surface area contributed by atoms with Crippen LogP contribution in [0.3, 0.4) is 0 Å². The van der Waals surface area contributed by atoms with E-state index in [2.05, 4.69) is 9.97 Å². The van der Waals surface area contributed by atoms with Crippen LogP contribution < -0.4 is 4.74 Å². The van der Waals surface area contributed by atoms with Crippen LogP contribution in [0.15, 0.2) is 24.3 Å². The molecule has 0 unspecified atom stereocenters. The summed E-state index contributed by atoms with van der Waals surface area (Å²) in [5.41, 5.74) is 2.22. The van der Waals surface area contributed by atoms with Crippen LogP contribution in [0, 0.1) is 0 Å². The summed E-state index contributed by atoms with van der Waals surface area (Å²) >= 11 is 0. The molecule has 4 rings (SSSR count). The van der Waals surface area contributed by atoms with Crippen molar-refractivity contribution in [2.75, 3.05) is 33.9 Å². The van der Waals surface area contributed by atoms with Crippen molar-refractivity contribution in [1.82, 2.24) is 19.8 Å². The number of rotatable bonds is 4. The molecule has 1 aromatic heterocycles. The highest BCUT2D eigenvalue weighted by molar-refractivity contribution is 5.79. The maximum Gasteiger partial charge on any atom is 0.290 e. The number of hydrogen-bond acceptors (Lipinski definition) is 7. The first-order valence-electron chi connectivity index (χ1n) is 10.0. The zero-order valence-corrected chi connectivity index (χ0v) is 17.6. The number of benzene rings is 1. The number of nitrogens with zero attached hydrogens (tertiary/aromatic N) is 4. The van der Waals surface area contributed by atoms with E-state index in [1.165, 1.54) is 0 Å². The van der Waals surface area contributed by atoms with Crippen molar-refractivity contribution in [1.29, 1.82) is 0 Å². The van der Waals surface area contributed by atoms with Gasteiger partial charge in [-0.15, -0.1) is 0 Å². The monoisotopic (exact) mass is 430 g/mol. The van der Waals surface area contributed by atoms with Crippen LogP contribution in [0.25, 0.3) is 11.0 Å². The first-order valence-corrected chi connectivity index (χ1v) is 10.0. The van der Waals surface area contributed by atoms with Gasteiger partial charge in [0.2, 0.25) is 17.7 Å². The van der Waals surface area contributed by atoms with Crippen molar-refractivity contribution < 1.29 is 29.0 Å². The number of fused-ring (bicyclic) bond motifs is 2. The Morgan fingerprint density at radius 3 is 2.65 bits per heavy atom. The number of methoxy groups -OCH3 is 1. The van der Waals surface area contributed by atoms with Gasteiger partial charge in [0.15, 0.2) is 0 Å². The van der Waals surface area contributed by atoms with Gasteiger partial charge in [0.25, 0.3) is 6.47 Å². The molecule has 10 heteroatoms. The molecule has 2 saturated heterocycles. The molecule has 10 nitrogen and oxygen atoms in total. The minimum Gasteiger partial charge on any atom is -0.483 e. The maximum absolute atomic E-state index is 12.8. The van der Waals surface area contributed by atoms with Gasteiger partial charge in [0.05, 0.1) is 43.3 Å². The number of para-hydroxylation sites is 2. The average molecular weight is 430 g/mol. The molecular formula is C21H26N4O6. The molecule has 2 aliphatic rings. The van der Waals surface area contributed by atoms with Crippen molar-refractivity contribution in [2.45, 2.75) is 31.4 Å². The van der Waals surface area contributed by atoms with Crippen LogP contribution in [0.1, 0.15) is 18.5 Å². The van der Waals surface area contributed by atoms with Gasteiger partial charge in [0, 0.05) is 33.0 Å². The molecule has 1 N–H and O–H groups in total. The molecule has 2 atom stereocenters. The topological polar surface area (TPSA) is 122 Å². The number of ether oxygens (including phenoxy) is 2. The van der Waals surface area contributed by atoms with Crippen molar-refractivity contribution in [3.05, 3.63) is 30.0 Å². The summed E-state index contributed by atoms with van der Waals surface area (Å²) in [6.07, 6.45) is 1.04. The third kappa shape index (κ3) is 5.08. The Labute approximate surface area is 179 Å². The van der Waals surface area contributed by atoms with Crippen molar-refractivity contribution in [3.8, 4) is 5.88 Å². The number of aromatic nitrogens is 2. The molecule has 0 saturated carbocycles. The number of likely N-dealkylation sites (tertiary alicyclic amines) is 1. The van der Waals surface area contributed by atoms with Crippen LogP contribution in [-0.2, 0) is 25.5 Å². The Hall–Kier alpha value is -3.27. The van der Waals surface area contributed by atoms with Crippen molar-refractivity contribution >= 4 is 29.3 Å². The van der Waals surface area contributed by atoms with Gasteiger partial charge < -0.3 is 24.4 Å². The predicted molar refractivity (Wildman–Crippen MR) is 111 cm³/mol. The summed E-state index contributed by atoms with van der Waals surface area (Å²) in [7, 11) is 3.35. The zero-order chi connectivity index (χ0) is 22.4. The van der Waals surface area contributed by atoms with Gasteiger partial charge in [0.1, 0.15) is 5.69 Å². The maximum atomic E-state index is 12.8. The van der Waals surface area contributed by atoms with Gasteiger partial charge in [-0.2, -0.15) is 0 Å². The smallest absolute Gasteiger partial charge is 0.290 e. The summed E-state index contributed by atoms with van der Waals surface area (Å²) < 4.78 is 11.2. The predicted octanol–water partition coefficient (Wildman–Crippen LogP) is 0.730. The van der Waals surface area contributed by atoms with E-state index in [9.17, 15) is 9.59 Å². The molecule has 166 valence electrons. The highest BCUT2D eigenvalue weighted by Gasteiger charge is 2.41. The molecule has 0 spiro atoms. The molecule has 0 radical (unpaired) electrons. The van der Waals surface area contributed by atoms with Crippen LogP contribution in [0.2, 0.25) is 0 Å². The Kier molecular flexibility index (Phi) is 7.35. The van der Waals surface area contributed by atoms with Crippen molar-refractivity contribution in [2.24, 2.45) is 0 Å². The minimum atomic E-state index is -0.250. The minimum absolute atomic E-state index is 0.0227. The van der Waals surface area contributed by atoms with E-state index in [0.717, 1.165) is 11.0 Å². The molecular weight excluding hydrogens is 404 g/mol. The van der Waals surface area contributed by atoms with E-state index in [-0.39, 0.29) is 30.4 Å². The van der Waals surface area contributed by atoms with Gasteiger partial charge in [-0.1, -0.05) is 12.1 Å². The van der Waals surface area contributed by atoms with Gasteiger partial charge in [-0.3, -0.25) is 14.4 Å². The number of aryl methyl sites for hydroxylation is 1. The van der Waals surface area contributed by atoms with Crippen LogP contribution in [0.4, 0.5) is 0 Å². The lowest BCUT2D eigenvalue weighted by atomic mass is 10.2. The lowest BCUT2D eigenvalue weighted by Gasteiger charge is -2.25. The number of carboxylic acid groups (broad SMARTS) is 1. The van der Waals surface area contributed by atoms with E-state index in [4.69, 9.17) is 19.4 Å². The Morgan fingerprint density at radius 2 is 1.97 bits per heavy atom. The Balaban J connectivity index is 0.000000858. The molecule has 3 heterocycles. The molecule has 2 amide bonds. The first kappa shape index (κ1) is 22.4. The van der Waals surface area contributed by atoms with Gasteiger partial charge in [-0.05, 0) is 12.1 Å². The normalized spacial score (nSPS) is 20.5. The third-order valence-corrected chi connectivity index (χ3v) is 5.50. The summed E-state index contributed by atoms with van der Waals surface area (Å²) in [4.78, 5) is 45.8. The van der Waals surface area contributed by atoms with Crippen LogP contribution in [-0.4, -0.2) is 89.2 Å². The fourth-order valence-electron chi connectivity index (χ4n) is 3.89. The van der Waals surface area contributed by atoms with E-state index in [1.807, 2.05) is 24.3 Å². The molecule has 2 fully saturated rings. The summed E-state index contributed by atoms with van der Waals surface area (Å²) in [6, 6.07) is 7.51. The van der Waals surface area contributed by atoms with E-state index in [0.29, 0.717) is 50.5 Å². The number of carbonyl (C=O) groups is 3. The van der Waals surface area contributed by atoms with E-state index < -0.39 is 0 Å². The molecule has 2 aliphatic heterocycles. The highest BCUT2D eigenvalue weighted by atomic mass is 16.5. The molecule has 31 heavy (non-hydrogen) atoms. The second kappa shape index (κ2) is 10.2. The summed E-state index contributed by atoms with van der Waals surface area (Å²) in [6.45, 7) is 1.18. The van der Waals surface area contributed by atoms with E-state index >= 15 is 0 Å². The fraction of sp³-hybridized carbons (Fsp3) is 0.476. The van der Waals surface area contributed by atoms with Crippen LogP contribution in [0.5, 0.6) is 5.88 Å². The first-order chi connectivity index (χ1) is 15.0. The van der Waals surface area contributed by atoms with E-state index in [1.54, 1.807) is 24.0 Å². The zero-order valence-electron chi connectivity index (χ0n) is 17.6. The Bertz CT molecular complexity index is 953. The van der Waals surface area contributed by atoms with Gasteiger partial charge in [-0.25, -0.2) is 9.97 Å². The molecule has 0 aliphatic carbocycles. The second-order valence-corrected chi connectivity index (χ2v) is 7.30. The fourth-order valence-corrected chi connectivity index (χ4v) is 3.89. The lowest BCUT2D eigenvalue weighted by molar-refractivity contribution is -0.133. The van der Waals surface area contributed by atoms with Crippen LogP contribution >= 0.6 is 0 Å². The molecule has 0 bridgehead atoms. The summed E-state index contributed by atoms with van der Waals surface area (Å²) in [5.74, 6) is 0.541. The Morgan fingerprint density at radius 1 is 1.29 bits per heavy atom. The lowest BCUT2D eigenvalue weighted by Crippen LogP contribution is -2.43. The standard InChI is InChI=1S/C20H24N4O4.CH2O2/c1-23-16-11-24(12-17(16)28-10-9-18(23)25)19(26)8-7-15-20(27-2)22-14-6-4-3-5-13(14)21-15;2-1-3/h3-6,16-17H,7-12H2,1-2H3;1H,(H,2,3)/t16-,17-;/m0./s1. The molecule has 2 aromatic rings. The van der Waals surface area contributed by atoms with Gasteiger partial charge >= 0.3 is 0 Å². The number of carbonyl (C=O) groups excluding carboxylic acids is 2.